The number of hydrogen-bond acceptors (Lipinski definition) is 4. The Labute approximate surface area is 192 Å². The van der Waals surface area contributed by atoms with E-state index in [1.165, 1.54) is 12.1 Å². The second-order valence-electron chi connectivity index (χ2n) is 8.48. The van der Waals surface area contributed by atoms with Gasteiger partial charge in [0.05, 0.1) is 16.2 Å². The second kappa shape index (κ2) is 9.91. The van der Waals surface area contributed by atoms with E-state index in [0.29, 0.717) is 28.0 Å². The van der Waals surface area contributed by atoms with Gasteiger partial charge in [0.25, 0.3) is 17.5 Å². The normalized spacial score (nSPS) is 11.5. The molecule has 3 aromatic carbocycles. The lowest BCUT2D eigenvalue weighted by Crippen LogP contribution is -2.40. The van der Waals surface area contributed by atoms with Gasteiger partial charge in [-0.3, -0.25) is 19.7 Å². The van der Waals surface area contributed by atoms with Crippen LogP contribution in [0.4, 0.5) is 11.4 Å². The van der Waals surface area contributed by atoms with Crippen LogP contribution >= 0.6 is 0 Å². The van der Waals surface area contributed by atoms with Gasteiger partial charge in [0, 0.05) is 23.2 Å². The first kappa shape index (κ1) is 23.4. The van der Waals surface area contributed by atoms with E-state index < -0.39 is 16.4 Å². The lowest BCUT2D eigenvalue weighted by molar-refractivity contribution is -0.384. The van der Waals surface area contributed by atoms with Crippen molar-refractivity contribution in [3.8, 4) is 0 Å². The van der Waals surface area contributed by atoms with Crippen LogP contribution < -0.4 is 10.6 Å². The zero-order valence-electron chi connectivity index (χ0n) is 18.7. The van der Waals surface area contributed by atoms with Crippen molar-refractivity contribution in [2.45, 2.75) is 26.3 Å². The van der Waals surface area contributed by atoms with Crippen molar-refractivity contribution in [3.63, 3.8) is 0 Å². The molecule has 0 aliphatic carbocycles. The first-order valence-electron chi connectivity index (χ1n) is 10.4. The minimum Gasteiger partial charge on any atom is -0.347 e. The van der Waals surface area contributed by atoms with E-state index >= 15 is 0 Å². The molecule has 0 bridgehead atoms. The summed E-state index contributed by atoms with van der Waals surface area (Å²) in [5, 5.41) is 16.9. The molecule has 33 heavy (non-hydrogen) atoms. The topological polar surface area (TPSA) is 101 Å². The van der Waals surface area contributed by atoms with Crippen LogP contribution in [0.1, 0.15) is 42.3 Å². The monoisotopic (exact) mass is 443 g/mol. The van der Waals surface area contributed by atoms with Crippen LogP contribution in [0.5, 0.6) is 0 Å². The number of para-hydroxylation sites is 1. The van der Waals surface area contributed by atoms with E-state index in [1.54, 1.807) is 66.7 Å². The lowest BCUT2D eigenvalue weighted by Gasteiger charge is -2.21. The summed E-state index contributed by atoms with van der Waals surface area (Å²) in [6, 6.07) is 21.8. The van der Waals surface area contributed by atoms with Gasteiger partial charge in [-0.1, -0.05) is 54.6 Å². The Balaban J connectivity index is 1.99. The first-order chi connectivity index (χ1) is 15.6. The molecule has 3 aromatic rings. The van der Waals surface area contributed by atoms with Crippen molar-refractivity contribution in [2.24, 2.45) is 0 Å². The Morgan fingerprint density at radius 1 is 0.909 bits per heavy atom. The molecule has 168 valence electrons. The molecule has 3 rings (SSSR count). The lowest BCUT2D eigenvalue weighted by atomic mass is 10.0. The SMILES string of the molecule is CC(C)(C)NC(=O)c1ccccc1NC(=O)/C(=C/c1cccc([N+](=O)[O-])c1)c1ccccc1. The highest BCUT2D eigenvalue weighted by Crippen LogP contribution is 2.24. The van der Waals surface area contributed by atoms with Crippen molar-refractivity contribution in [3.05, 3.63) is 106 Å². The highest BCUT2D eigenvalue weighted by Gasteiger charge is 2.20. The molecule has 2 amide bonds. The van der Waals surface area contributed by atoms with Crippen LogP contribution in [0, 0.1) is 10.1 Å². The van der Waals surface area contributed by atoms with Crippen LogP contribution in [0.3, 0.4) is 0 Å². The zero-order chi connectivity index (χ0) is 24.0. The number of benzene rings is 3. The number of nitro groups is 1. The molecule has 0 saturated heterocycles. The Kier molecular flexibility index (Phi) is 7.03. The van der Waals surface area contributed by atoms with Gasteiger partial charge in [-0.2, -0.15) is 0 Å². The third-order valence-electron chi connectivity index (χ3n) is 4.63. The summed E-state index contributed by atoms with van der Waals surface area (Å²) in [5.41, 5.74) is 1.65. The van der Waals surface area contributed by atoms with E-state index in [-0.39, 0.29) is 11.6 Å². The maximum absolute atomic E-state index is 13.4. The molecule has 7 nitrogen and oxygen atoms in total. The summed E-state index contributed by atoms with van der Waals surface area (Å²) in [6.07, 6.45) is 1.59. The fraction of sp³-hybridized carbons (Fsp3) is 0.154. The van der Waals surface area contributed by atoms with Crippen LogP contribution in [-0.2, 0) is 4.79 Å². The minimum atomic E-state index is -0.482. The summed E-state index contributed by atoms with van der Waals surface area (Å²) >= 11 is 0. The van der Waals surface area contributed by atoms with E-state index in [1.807, 2.05) is 26.8 Å². The zero-order valence-corrected chi connectivity index (χ0v) is 18.7. The van der Waals surface area contributed by atoms with Gasteiger partial charge in [-0.15, -0.1) is 0 Å². The number of carbonyl (C=O) groups excluding carboxylic acids is 2. The molecule has 0 atom stereocenters. The fourth-order valence-electron chi connectivity index (χ4n) is 3.18. The number of amides is 2. The molecule has 0 aromatic heterocycles. The molecule has 0 radical (unpaired) electrons. The van der Waals surface area contributed by atoms with E-state index in [0.717, 1.165) is 0 Å². The molecule has 7 heteroatoms. The summed E-state index contributed by atoms with van der Waals surface area (Å²) in [6.45, 7) is 5.63. The van der Waals surface area contributed by atoms with E-state index in [9.17, 15) is 19.7 Å². The molecular formula is C26H25N3O4. The predicted molar refractivity (Wildman–Crippen MR) is 130 cm³/mol. The third-order valence-corrected chi connectivity index (χ3v) is 4.63. The number of hydrogen-bond donors (Lipinski definition) is 2. The second-order valence-corrected chi connectivity index (χ2v) is 8.48. The van der Waals surface area contributed by atoms with Crippen LogP contribution in [0.2, 0.25) is 0 Å². The maximum atomic E-state index is 13.4. The van der Waals surface area contributed by atoms with E-state index in [4.69, 9.17) is 0 Å². The quantitative estimate of drug-likeness (QED) is 0.233. The summed E-state index contributed by atoms with van der Waals surface area (Å²) < 4.78 is 0. The Morgan fingerprint density at radius 3 is 2.24 bits per heavy atom. The first-order valence-corrected chi connectivity index (χ1v) is 10.4. The van der Waals surface area contributed by atoms with Gasteiger partial charge in [0.1, 0.15) is 0 Å². The van der Waals surface area contributed by atoms with Crippen molar-refractivity contribution in [2.75, 3.05) is 5.32 Å². The number of nitro benzene ring substituents is 1. The average Bonchev–Trinajstić information content (AvgIpc) is 2.77. The molecule has 0 fully saturated rings. The van der Waals surface area contributed by atoms with Gasteiger partial charge in [0.2, 0.25) is 0 Å². The van der Waals surface area contributed by atoms with E-state index in [2.05, 4.69) is 10.6 Å². The Hall–Kier alpha value is -4.26. The number of rotatable bonds is 6. The van der Waals surface area contributed by atoms with Crippen molar-refractivity contribution in [1.29, 1.82) is 0 Å². The summed E-state index contributed by atoms with van der Waals surface area (Å²) in [4.78, 5) is 36.8. The van der Waals surface area contributed by atoms with Gasteiger partial charge < -0.3 is 10.6 Å². The van der Waals surface area contributed by atoms with Gasteiger partial charge in [-0.05, 0) is 50.1 Å². The molecule has 0 aliphatic heterocycles. The largest absolute Gasteiger partial charge is 0.347 e. The Bertz CT molecular complexity index is 1210. The summed E-state index contributed by atoms with van der Waals surface area (Å²) in [7, 11) is 0. The van der Waals surface area contributed by atoms with Crippen LogP contribution in [-0.4, -0.2) is 22.3 Å². The number of non-ortho nitro benzene ring substituents is 1. The number of nitrogens with one attached hydrogen (secondary N) is 2. The molecule has 0 heterocycles. The third kappa shape index (κ3) is 6.36. The summed E-state index contributed by atoms with van der Waals surface area (Å²) in [5.74, 6) is -0.744. The fourth-order valence-corrected chi connectivity index (χ4v) is 3.18. The molecule has 2 N–H and O–H groups in total. The van der Waals surface area contributed by atoms with Crippen LogP contribution in [0.15, 0.2) is 78.9 Å². The molecule has 0 unspecified atom stereocenters. The number of nitrogens with zero attached hydrogens (tertiary/aromatic N) is 1. The molecule has 0 aliphatic rings. The molecule has 0 spiro atoms. The minimum absolute atomic E-state index is 0.0687. The van der Waals surface area contributed by atoms with Crippen molar-refractivity contribution in [1.82, 2.24) is 5.32 Å². The maximum Gasteiger partial charge on any atom is 0.270 e. The van der Waals surface area contributed by atoms with Gasteiger partial charge >= 0.3 is 0 Å². The standard InChI is InChI=1S/C26H25N3O4/c1-26(2,3)28-25(31)21-14-7-8-15-23(21)27-24(30)22(19-11-5-4-6-12-19)17-18-10-9-13-20(16-18)29(32)33/h4-17H,1-3H3,(H,27,30)(H,28,31)/b22-17+. The number of anilines is 1. The van der Waals surface area contributed by atoms with Gasteiger partial charge in [0.15, 0.2) is 0 Å². The predicted octanol–water partition coefficient (Wildman–Crippen LogP) is 5.30. The molecular weight excluding hydrogens is 418 g/mol. The van der Waals surface area contributed by atoms with Crippen molar-refractivity contribution < 1.29 is 14.5 Å². The average molecular weight is 444 g/mol. The van der Waals surface area contributed by atoms with Crippen molar-refractivity contribution >= 4 is 34.8 Å². The van der Waals surface area contributed by atoms with Gasteiger partial charge in [-0.25, -0.2) is 0 Å². The highest BCUT2D eigenvalue weighted by molar-refractivity contribution is 6.29. The highest BCUT2D eigenvalue weighted by atomic mass is 16.6. The molecule has 0 saturated carbocycles. The Morgan fingerprint density at radius 2 is 1.58 bits per heavy atom. The smallest absolute Gasteiger partial charge is 0.270 e. The van der Waals surface area contributed by atoms with Crippen LogP contribution in [0.25, 0.3) is 11.6 Å². The number of carbonyl (C=O) groups is 2.